The quantitative estimate of drug-likeness (QED) is 0.453. The van der Waals surface area contributed by atoms with Gasteiger partial charge in [-0.2, -0.15) is 5.26 Å². The van der Waals surface area contributed by atoms with Crippen LogP contribution in [0.3, 0.4) is 0 Å². The van der Waals surface area contributed by atoms with Gasteiger partial charge in [-0.3, -0.25) is 9.59 Å². The predicted molar refractivity (Wildman–Crippen MR) is 141 cm³/mol. The fourth-order valence-corrected chi connectivity index (χ4v) is 5.72. The van der Waals surface area contributed by atoms with Gasteiger partial charge in [-0.15, -0.1) is 11.3 Å². The van der Waals surface area contributed by atoms with Gasteiger partial charge in [0, 0.05) is 46.4 Å². The summed E-state index contributed by atoms with van der Waals surface area (Å²) in [5, 5.41) is 18.8. The van der Waals surface area contributed by atoms with Gasteiger partial charge in [0.25, 0.3) is 11.8 Å². The maximum Gasteiger partial charge on any atom is 0.266 e. The molecular formula is C27H33N5O3S. The Morgan fingerprint density at radius 1 is 1.19 bits per heavy atom. The zero-order chi connectivity index (χ0) is 25.5. The molecule has 0 saturated carbocycles. The Bertz CT molecular complexity index is 1140. The summed E-state index contributed by atoms with van der Waals surface area (Å²) >= 11 is 1.18. The molecule has 2 aliphatic rings. The van der Waals surface area contributed by atoms with Crippen LogP contribution in [-0.2, 0) is 6.54 Å². The maximum atomic E-state index is 13.5. The second kappa shape index (κ2) is 12.2. The van der Waals surface area contributed by atoms with E-state index in [4.69, 9.17) is 0 Å². The third kappa shape index (κ3) is 6.12. The topological polar surface area (TPSA) is 100 Å². The van der Waals surface area contributed by atoms with Crippen LogP contribution in [0.2, 0.25) is 0 Å². The number of carbonyl (C=O) groups excluding carboxylic acids is 2. The van der Waals surface area contributed by atoms with Crippen LogP contribution in [0.1, 0.15) is 62.6 Å². The van der Waals surface area contributed by atoms with Crippen LogP contribution >= 0.6 is 11.3 Å². The number of nitrogens with zero attached hydrogens (tertiary/aromatic N) is 5. The van der Waals surface area contributed by atoms with Crippen molar-refractivity contribution in [2.75, 3.05) is 39.8 Å². The molecule has 36 heavy (non-hydrogen) atoms. The van der Waals surface area contributed by atoms with E-state index in [1.54, 1.807) is 41.4 Å². The molecule has 2 amide bonds. The van der Waals surface area contributed by atoms with Gasteiger partial charge in [0.2, 0.25) is 0 Å². The fraction of sp³-hybridized carbons (Fsp3) is 0.481. The normalized spacial score (nSPS) is 16.8. The van der Waals surface area contributed by atoms with Gasteiger partial charge in [-0.05, 0) is 55.7 Å². The molecule has 4 rings (SSSR count). The minimum Gasteiger partial charge on any atom is -0.396 e. The summed E-state index contributed by atoms with van der Waals surface area (Å²) in [6, 6.07) is 11.2. The van der Waals surface area contributed by atoms with Crippen LogP contribution in [-0.4, -0.2) is 77.8 Å². The fourth-order valence-electron chi connectivity index (χ4n) is 4.66. The highest BCUT2D eigenvalue weighted by Gasteiger charge is 2.28. The van der Waals surface area contributed by atoms with Crippen molar-refractivity contribution in [2.24, 2.45) is 10.9 Å². The molecule has 1 aromatic carbocycles. The summed E-state index contributed by atoms with van der Waals surface area (Å²) in [6.07, 6.45) is 6.81. The standard InChI is InChI=1S/C27H33N5O3S/c1-30(17-22-8-4-3-7-21(22)16-28)27(35)25-23(29-19-31-11-5-2-6-12-31)15-24(36-25)26(34)32-13-9-20(18-33)10-14-32/h3-4,7-8,15,19-20,33H,2,5-6,9-14,17-18H2,1H3. The third-order valence-corrected chi connectivity index (χ3v) is 8.02. The highest BCUT2D eigenvalue weighted by atomic mass is 32.1. The van der Waals surface area contributed by atoms with Crippen LogP contribution in [0.15, 0.2) is 35.3 Å². The summed E-state index contributed by atoms with van der Waals surface area (Å²) in [6.45, 7) is 3.51. The maximum absolute atomic E-state index is 13.5. The first kappa shape index (κ1) is 25.9. The molecule has 2 aromatic rings. The number of aliphatic hydroxyl groups is 1. The Labute approximate surface area is 216 Å². The average Bonchev–Trinajstić information content (AvgIpc) is 3.36. The van der Waals surface area contributed by atoms with Crippen molar-refractivity contribution in [2.45, 2.75) is 38.6 Å². The van der Waals surface area contributed by atoms with E-state index in [-0.39, 0.29) is 30.9 Å². The molecule has 2 saturated heterocycles. The monoisotopic (exact) mass is 507 g/mol. The number of aliphatic hydroxyl groups excluding tert-OH is 1. The van der Waals surface area contributed by atoms with Crippen molar-refractivity contribution >= 4 is 35.2 Å². The van der Waals surface area contributed by atoms with Crippen molar-refractivity contribution in [3.63, 3.8) is 0 Å². The zero-order valence-electron chi connectivity index (χ0n) is 20.7. The second-order valence-electron chi connectivity index (χ2n) is 9.51. The number of nitriles is 1. The molecular weight excluding hydrogens is 474 g/mol. The molecule has 8 nitrogen and oxygen atoms in total. The number of rotatable bonds is 7. The third-order valence-electron chi connectivity index (χ3n) is 6.92. The molecule has 3 heterocycles. The highest BCUT2D eigenvalue weighted by molar-refractivity contribution is 7.16. The minimum atomic E-state index is -0.225. The number of carbonyl (C=O) groups is 2. The first-order chi connectivity index (χ1) is 17.5. The van der Waals surface area contributed by atoms with Gasteiger partial charge < -0.3 is 19.8 Å². The molecule has 0 atom stereocenters. The average molecular weight is 508 g/mol. The Kier molecular flexibility index (Phi) is 8.73. The van der Waals surface area contributed by atoms with Crippen LogP contribution in [0.25, 0.3) is 0 Å². The van der Waals surface area contributed by atoms with Crippen LogP contribution in [0.4, 0.5) is 5.69 Å². The molecule has 0 bridgehead atoms. The number of benzene rings is 1. The van der Waals surface area contributed by atoms with Crippen LogP contribution < -0.4 is 0 Å². The predicted octanol–water partition coefficient (Wildman–Crippen LogP) is 3.88. The lowest BCUT2D eigenvalue weighted by molar-refractivity contribution is 0.0655. The van der Waals surface area contributed by atoms with Crippen molar-refractivity contribution in [1.82, 2.24) is 14.7 Å². The Hall–Kier alpha value is -3.22. The molecule has 2 fully saturated rings. The van der Waals surface area contributed by atoms with E-state index >= 15 is 0 Å². The lowest BCUT2D eigenvalue weighted by Crippen LogP contribution is -2.38. The summed E-state index contributed by atoms with van der Waals surface area (Å²) in [5.41, 5.74) is 1.81. The van der Waals surface area contributed by atoms with E-state index in [2.05, 4.69) is 16.0 Å². The van der Waals surface area contributed by atoms with Gasteiger partial charge in [0.1, 0.15) is 4.88 Å². The Balaban J connectivity index is 1.57. The van der Waals surface area contributed by atoms with Gasteiger partial charge in [-0.25, -0.2) is 4.99 Å². The largest absolute Gasteiger partial charge is 0.396 e. The molecule has 190 valence electrons. The number of thiophene rings is 1. The first-order valence-corrected chi connectivity index (χ1v) is 13.4. The smallest absolute Gasteiger partial charge is 0.266 e. The van der Waals surface area contributed by atoms with Crippen molar-refractivity contribution in [3.05, 3.63) is 51.2 Å². The van der Waals surface area contributed by atoms with Gasteiger partial charge >= 0.3 is 0 Å². The molecule has 0 radical (unpaired) electrons. The summed E-state index contributed by atoms with van der Waals surface area (Å²) in [7, 11) is 1.70. The molecule has 9 heteroatoms. The zero-order valence-corrected chi connectivity index (χ0v) is 21.5. The van der Waals surface area contributed by atoms with Crippen molar-refractivity contribution in [1.29, 1.82) is 5.26 Å². The number of aliphatic imine (C=N–C) groups is 1. The second-order valence-corrected chi connectivity index (χ2v) is 10.6. The first-order valence-electron chi connectivity index (χ1n) is 12.6. The molecule has 0 unspecified atom stereocenters. The summed E-state index contributed by atoms with van der Waals surface area (Å²) in [4.78, 5) is 37.9. The van der Waals surface area contributed by atoms with E-state index in [1.165, 1.54) is 17.8 Å². The minimum absolute atomic E-state index is 0.0951. The van der Waals surface area contributed by atoms with Crippen molar-refractivity contribution in [3.8, 4) is 6.07 Å². The lowest BCUT2D eigenvalue weighted by atomic mass is 9.98. The van der Waals surface area contributed by atoms with E-state index in [9.17, 15) is 20.0 Å². The summed E-state index contributed by atoms with van der Waals surface area (Å²) < 4.78 is 0. The molecule has 0 spiro atoms. The van der Waals surface area contributed by atoms with Crippen molar-refractivity contribution < 1.29 is 14.7 Å². The Morgan fingerprint density at radius 3 is 2.61 bits per heavy atom. The van der Waals surface area contributed by atoms with E-state index in [0.717, 1.165) is 44.3 Å². The SMILES string of the molecule is CN(Cc1ccccc1C#N)C(=O)c1sc(C(=O)N2CCC(CO)CC2)cc1N=CN1CCCCC1. The van der Waals surface area contributed by atoms with E-state index in [1.807, 2.05) is 12.1 Å². The number of amides is 2. The number of hydrogen-bond acceptors (Lipinski definition) is 6. The van der Waals surface area contributed by atoms with Crippen LogP contribution in [0.5, 0.6) is 0 Å². The van der Waals surface area contributed by atoms with Gasteiger partial charge in [0.15, 0.2) is 0 Å². The van der Waals surface area contributed by atoms with Gasteiger partial charge in [0.05, 0.1) is 28.5 Å². The molecule has 2 aliphatic heterocycles. The van der Waals surface area contributed by atoms with Gasteiger partial charge in [-0.1, -0.05) is 18.2 Å². The van der Waals surface area contributed by atoms with Crippen LogP contribution in [0, 0.1) is 17.2 Å². The highest BCUT2D eigenvalue weighted by Crippen LogP contribution is 2.33. The Morgan fingerprint density at radius 2 is 1.92 bits per heavy atom. The molecule has 0 aliphatic carbocycles. The number of piperidine rings is 2. The van der Waals surface area contributed by atoms with E-state index < -0.39 is 0 Å². The summed E-state index contributed by atoms with van der Waals surface area (Å²) in [5.74, 6) is -0.0805. The number of likely N-dealkylation sites (tertiary alicyclic amines) is 2. The number of hydrogen-bond donors (Lipinski definition) is 1. The molecule has 1 aromatic heterocycles. The lowest BCUT2D eigenvalue weighted by Gasteiger charge is -2.30. The van der Waals surface area contributed by atoms with E-state index in [0.29, 0.717) is 34.1 Å². The molecule has 1 N–H and O–H groups in total.